The standard InChI is InChI=1S/C16H17N3O3/c1-11(20)18-12-5-4-6-13(9-12)19-16(21)10-22-15-8-3-2-7-14(15)17/h2-9H,10,17H2,1H3,(H,18,20)(H,19,21). The zero-order valence-corrected chi connectivity index (χ0v) is 12.1. The summed E-state index contributed by atoms with van der Waals surface area (Å²) < 4.78 is 5.36. The third-order valence-electron chi connectivity index (χ3n) is 2.74. The second kappa shape index (κ2) is 7.12. The molecule has 0 aliphatic rings. The highest BCUT2D eigenvalue weighted by Crippen LogP contribution is 2.20. The van der Waals surface area contributed by atoms with Crippen molar-refractivity contribution in [3.63, 3.8) is 0 Å². The van der Waals surface area contributed by atoms with E-state index < -0.39 is 0 Å². The van der Waals surface area contributed by atoms with Gasteiger partial charge < -0.3 is 21.1 Å². The van der Waals surface area contributed by atoms with Crippen molar-refractivity contribution in [1.82, 2.24) is 0 Å². The van der Waals surface area contributed by atoms with Crippen molar-refractivity contribution in [2.24, 2.45) is 0 Å². The molecule has 6 nitrogen and oxygen atoms in total. The van der Waals surface area contributed by atoms with Gasteiger partial charge in [0.05, 0.1) is 5.69 Å². The van der Waals surface area contributed by atoms with Gasteiger partial charge in [0.25, 0.3) is 5.91 Å². The molecule has 0 heterocycles. The molecule has 0 unspecified atom stereocenters. The Morgan fingerprint density at radius 3 is 2.41 bits per heavy atom. The maximum Gasteiger partial charge on any atom is 0.262 e. The van der Waals surface area contributed by atoms with E-state index in [1.165, 1.54) is 6.92 Å². The normalized spacial score (nSPS) is 9.86. The van der Waals surface area contributed by atoms with Crippen LogP contribution in [-0.2, 0) is 9.59 Å². The summed E-state index contributed by atoms with van der Waals surface area (Å²) in [6, 6.07) is 13.8. The number of anilines is 3. The first-order chi connectivity index (χ1) is 10.5. The minimum atomic E-state index is -0.316. The van der Waals surface area contributed by atoms with Crippen molar-refractivity contribution in [2.75, 3.05) is 23.0 Å². The topological polar surface area (TPSA) is 93.5 Å². The zero-order valence-electron chi connectivity index (χ0n) is 12.1. The lowest BCUT2D eigenvalue weighted by molar-refractivity contribution is -0.118. The van der Waals surface area contributed by atoms with Gasteiger partial charge in [0.1, 0.15) is 5.75 Å². The molecule has 22 heavy (non-hydrogen) atoms. The van der Waals surface area contributed by atoms with Gasteiger partial charge in [0.15, 0.2) is 6.61 Å². The van der Waals surface area contributed by atoms with Gasteiger partial charge >= 0.3 is 0 Å². The first-order valence-corrected chi connectivity index (χ1v) is 6.69. The Balaban J connectivity index is 1.92. The highest BCUT2D eigenvalue weighted by molar-refractivity contribution is 5.94. The quantitative estimate of drug-likeness (QED) is 0.738. The van der Waals surface area contributed by atoms with Crippen molar-refractivity contribution in [3.05, 3.63) is 48.5 Å². The van der Waals surface area contributed by atoms with Gasteiger partial charge in [0, 0.05) is 18.3 Å². The van der Waals surface area contributed by atoms with E-state index in [1.807, 2.05) is 0 Å². The van der Waals surface area contributed by atoms with Gasteiger partial charge in [-0.1, -0.05) is 18.2 Å². The Labute approximate surface area is 128 Å². The fourth-order valence-corrected chi connectivity index (χ4v) is 1.83. The minimum absolute atomic E-state index is 0.154. The molecule has 2 rings (SSSR count). The van der Waals surface area contributed by atoms with E-state index in [-0.39, 0.29) is 18.4 Å². The maximum absolute atomic E-state index is 11.9. The van der Waals surface area contributed by atoms with Crippen molar-refractivity contribution in [2.45, 2.75) is 6.92 Å². The molecule has 2 amide bonds. The smallest absolute Gasteiger partial charge is 0.262 e. The van der Waals surface area contributed by atoms with E-state index in [0.717, 1.165) is 0 Å². The number of benzene rings is 2. The third kappa shape index (κ3) is 4.52. The van der Waals surface area contributed by atoms with Crippen LogP contribution >= 0.6 is 0 Å². The number of nitrogens with two attached hydrogens (primary N) is 1. The number of nitrogen functional groups attached to an aromatic ring is 1. The first-order valence-electron chi connectivity index (χ1n) is 6.69. The summed E-state index contributed by atoms with van der Waals surface area (Å²) in [7, 11) is 0. The SMILES string of the molecule is CC(=O)Nc1cccc(NC(=O)COc2ccccc2N)c1. The summed E-state index contributed by atoms with van der Waals surface area (Å²) in [5, 5.41) is 5.33. The number of para-hydroxylation sites is 2. The average molecular weight is 299 g/mol. The minimum Gasteiger partial charge on any atom is -0.482 e. The van der Waals surface area contributed by atoms with E-state index in [0.29, 0.717) is 22.8 Å². The Bertz CT molecular complexity index is 686. The lowest BCUT2D eigenvalue weighted by atomic mass is 10.2. The fraction of sp³-hybridized carbons (Fsp3) is 0.125. The molecular formula is C16H17N3O3. The van der Waals surface area contributed by atoms with Crippen molar-refractivity contribution < 1.29 is 14.3 Å². The molecule has 0 bridgehead atoms. The lowest BCUT2D eigenvalue weighted by Crippen LogP contribution is -2.20. The van der Waals surface area contributed by atoms with Crippen molar-refractivity contribution in [1.29, 1.82) is 0 Å². The molecule has 114 valence electrons. The zero-order chi connectivity index (χ0) is 15.9. The second-order valence-corrected chi connectivity index (χ2v) is 4.64. The largest absolute Gasteiger partial charge is 0.482 e. The summed E-state index contributed by atoms with van der Waals surface area (Å²) in [6.45, 7) is 1.27. The Morgan fingerprint density at radius 2 is 1.73 bits per heavy atom. The first kappa shape index (κ1) is 15.4. The molecule has 0 aromatic heterocycles. The molecule has 6 heteroatoms. The average Bonchev–Trinajstić information content (AvgIpc) is 2.46. The van der Waals surface area contributed by atoms with Gasteiger partial charge in [-0.15, -0.1) is 0 Å². The number of amides is 2. The molecule has 2 aromatic carbocycles. The molecule has 4 N–H and O–H groups in total. The van der Waals surface area contributed by atoms with Crippen LogP contribution in [0.4, 0.5) is 17.1 Å². The van der Waals surface area contributed by atoms with Crippen LogP contribution in [0.1, 0.15) is 6.92 Å². The number of ether oxygens (including phenoxy) is 1. The number of carbonyl (C=O) groups is 2. The molecule has 2 aromatic rings. The Morgan fingerprint density at radius 1 is 1.05 bits per heavy atom. The van der Waals surface area contributed by atoms with Crippen LogP contribution in [0, 0.1) is 0 Å². The van der Waals surface area contributed by atoms with Crippen LogP contribution in [0.3, 0.4) is 0 Å². The number of hydrogen-bond donors (Lipinski definition) is 3. The number of rotatable bonds is 5. The van der Waals surface area contributed by atoms with Crippen LogP contribution < -0.4 is 21.1 Å². The van der Waals surface area contributed by atoms with Crippen LogP contribution in [0.5, 0.6) is 5.75 Å². The van der Waals surface area contributed by atoms with Crippen LogP contribution in [0.2, 0.25) is 0 Å². The number of hydrogen-bond acceptors (Lipinski definition) is 4. The molecule has 0 aliphatic heterocycles. The van der Waals surface area contributed by atoms with Crippen molar-refractivity contribution >= 4 is 28.9 Å². The van der Waals surface area contributed by atoms with Crippen molar-refractivity contribution in [3.8, 4) is 5.75 Å². The lowest BCUT2D eigenvalue weighted by Gasteiger charge is -2.10. The highest BCUT2D eigenvalue weighted by Gasteiger charge is 2.06. The highest BCUT2D eigenvalue weighted by atomic mass is 16.5. The molecule has 0 spiro atoms. The maximum atomic E-state index is 11.9. The third-order valence-corrected chi connectivity index (χ3v) is 2.74. The second-order valence-electron chi connectivity index (χ2n) is 4.64. The summed E-state index contributed by atoms with van der Waals surface area (Å²) in [5.74, 6) is -0.0285. The molecule has 0 atom stereocenters. The molecule has 0 radical (unpaired) electrons. The van der Waals surface area contributed by atoms with Gasteiger partial charge in [0.2, 0.25) is 5.91 Å². The van der Waals surface area contributed by atoms with Crippen LogP contribution in [-0.4, -0.2) is 18.4 Å². The molecule has 0 saturated heterocycles. The monoisotopic (exact) mass is 299 g/mol. The van der Waals surface area contributed by atoms with E-state index in [4.69, 9.17) is 10.5 Å². The fourth-order valence-electron chi connectivity index (χ4n) is 1.83. The van der Waals surface area contributed by atoms with Gasteiger partial charge in [-0.2, -0.15) is 0 Å². The number of nitrogens with one attached hydrogen (secondary N) is 2. The molecule has 0 fully saturated rings. The van der Waals surface area contributed by atoms with E-state index in [9.17, 15) is 9.59 Å². The predicted octanol–water partition coefficient (Wildman–Crippen LogP) is 2.24. The van der Waals surface area contributed by atoms with Gasteiger partial charge in [-0.05, 0) is 30.3 Å². The van der Waals surface area contributed by atoms with Gasteiger partial charge in [-0.25, -0.2) is 0 Å². The van der Waals surface area contributed by atoms with Crippen LogP contribution in [0.15, 0.2) is 48.5 Å². The Hall–Kier alpha value is -3.02. The molecule has 0 aliphatic carbocycles. The van der Waals surface area contributed by atoms with E-state index in [1.54, 1.807) is 48.5 Å². The molecule has 0 saturated carbocycles. The Kier molecular flexibility index (Phi) is 4.98. The summed E-state index contributed by atoms with van der Waals surface area (Å²) in [5.41, 5.74) is 7.38. The number of carbonyl (C=O) groups excluding carboxylic acids is 2. The summed E-state index contributed by atoms with van der Waals surface area (Å²) in [6.07, 6.45) is 0. The summed E-state index contributed by atoms with van der Waals surface area (Å²) in [4.78, 5) is 22.9. The molecular weight excluding hydrogens is 282 g/mol. The predicted molar refractivity (Wildman–Crippen MR) is 85.7 cm³/mol. The van der Waals surface area contributed by atoms with E-state index >= 15 is 0 Å². The van der Waals surface area contributed by atoms with E-state index in [2.05, 4.69) is 10.6 Å². The van der Waals surface area contributed by atoms with Crippen LogP contribution in [0.25, 0.3) is 0 Å². The van der Waals surface area contributed by atoms with Gasteiger partial charge in [-0.3, -0.25) is 9.59 Å². The summed E-state index contributed by atoms with van der Waals surface area (Å²) >= 11 is 0.